The van der Waals surface area contributed by atoms with E-state index in [9.17, 15) is 18.0 Å². The summed E-state index contributed by atoms with van der Waals surface area (Å²) < 4.78 is 42.7. The zero-order valence-electron chi connectivity index (χ0n) is 7.54. The fraction of sp³-hybridized carbons (Fsp3) is 0.500. The Hall–Kier alpha value is -1.37. The first-order valence-corrected chi connectivity index (χ1v) is 4.24. The van der Waals surface area contributed by atoms with Crippen molar-refractivity contribution in [1.82, 2.24) is 9.55 Å². The molecule has 82 valence electrons. The van der Waals surface area contributed by atoms with Crippen LogP contribution < -0.4 is 0 Å². The van der Waals surface area contributed by atoms with Gasteiger partial charge in [0.05, 0.1) is 12.8 Å². The van der Waals surface area contributed by atoms with Gasteiger partial charge in [-0.15, -0.1) is 0 Å². The number of imidazole rings is 1. The third kappa shape index (κ3) is 1.74. The monoisotopic (exact) mass is 220 g/mol. The average Bonchev–Trinajstić information content (AvgIpc) is 2.58. The number of carbonyl (C=O) groups is 1. The van der Waals surface area contributed by atoms with Crippen LogP contribution in [0.5, 0.6) is 0 Å². The molecule has 1 aliphatic heterocycles. The first-order valence-electron chi connectivity index (χ1n) is 4.24. The first kappa shape index (κ1) is 10.2. The molecule has 0 atom stereocenters. The molecule has 0 aromatic carbocycles. The zero-order valence-corrected chi connectivity index (χ0v) is 7.54. The Bertz CT molecular complexity index is 397. The number of nitrogens with zero attached hydrogens (tertiary/aromatic N) is 2. The fourth-order valence-corrected chi connectivity index (χ4v) is 1.42. The topological polar surface area (TPSA) is 44.1 Å². The summed E-state index contributed by atoms with van der Waals surface area (Å²) in [5.74, 6) is -1.50. The number of halogens is 3. The van der Waals surface area contributed by atoms with E-state index in [1.807, 2.05) is 0 Å². The van der Waals surface area contributed by atoms with Gasteiger partial charge in [-0.1, -0.05) is 0 Å². The van der Waals surface area contributed by atoms with E-state index in [0.717, 1.165) is 6.20 Å². The summed E-state index contributed by atoms with van der Waals surface area (Å²) in [6, 6.07) is 0. The van der Waals surface area contributed by atoms with E-state index >= 15 is 0 Å². The fourth-order valence-electron chi connectivity index (χ4n) is 1.42. The number of aromatic nitrogens is 2. The molecule has 1 aromatic heterocycles. The zero-order chi connectivity index (χ0) is 11.1. The van der Waals surface area contributed by atoms with Crippen molar-refractivity contribution in [2.24, 2.45) is 0 Å². The van der Waals surface area contributed by atoms with Crippen molar-refractivity contribution in [3.8, 4) is 0 Å². The molecule has 4 nitrogen and oxygen atoms in total. The van der Waals surface area contributed by atoms with Crippen molar-refractivity contribution >= 4 is 5.78 Å². The lowest BCUT2D eigenvalue weighted by atomic mass is 10.3. The van der Waals surface area contributed by atoms with Gasteiger partial charge in [-0.3, -0.25) is 4.79 Å². The Morgan fingerprint density at radius 1 is 1.53 bits per heavy atom. The van der Waals surface area contributed by atoms with Crippen LogP contribution in [0.4, 0.5) is 13.2 Å². The molecular weight excluding hydrogens is 213 g/mol. The number of fused-ring (bicyclic) bond motifs is 1. The van der Waals surface area contributed by atoms with Gasteiger partial charge >= 0.3 is 6.18 Å². The minimum Gasteiger partial charge on any atom is -0.372 e. The number of Topliss-reactive ketones (excluding diaryl/α,β-unsaturated/α-hetero) is 1. The Labute approximate surface area is 82.7 Å². The molecule has 15 heavy (non-hydrogen) atoms. The molecule has 0 N–H and O–H groups in total. The maximum absolute atomic E-state index is 12.2. The van der Waals surface area contributed by atoms with Crippen molar-refractivity contribution in [1.29, 1.82) is 0 Å². The number of rotatable bonds is 1. The summed E-state index contributed by atoms with van der Waals surface area (Å²) in [6.07, 6.45) is -3.91. The lowest BCUT2D eigenvalue weighted by molar-refractivity contribution is -0.0892. The van der Waals surface area contributed by atoms with Gasteiger partial charge in [-0.2, -0.15) is 13.2 Å². The van der Waals surface area contributed by atoms with Crippen LogP contribution in [0.25, 0.3) is 0 Å². The Morgan fingerprint density at radius 3 is 2.93 bits per heavy atom. The maximum Gasteiger partial charge on any atom is 0.456 e. The molecular formula is C8H7F3N2O2. The molecule has 0 fully saturated rings. The molecule has 2 heterocycles. The van der Waals surface area contributed by atoms with Gasteiger partial charge in [0.25, 0.3) is 5.78 Å². The third-order valence-corrected chi connectivity index (χ3v) is 2.12. The van der Waals surface area contributed by atoms with Gasteiger partial charge < -0.3 is 9.30 Å². The maximum atomic E-state index is 12.2. The highest BCUT2D eigenvalue weighted by atomic mass is 19.4. The van der Waals surface area contributed by atoms with Gasteiger partial charge in [0.1, 0.15) is 18.1 Å². The summed E-state index contributed by atoms with van der Waals surface area (Å²) in [4.78, 5) is 14.7. The lowest BCUT2D eigenvalue weighted by Crippen LogP contribution is -2.28. The normalized spacial score (nSPS) is 16.2. The summed E-state index contributed by atoms with van der Waals surface area (Å²) >= 11 is 0. The predicted octanol–water partition coefficient (Wildman–Crippen LogP) is 1.16. The van der Waals surface area contributed by atoms with Crippen molar-refractivity contribution < 1.29 is 22.7 Å². The highest BCUT2D eigenvalue weighted by Gasteiger charge is 2.41. The number of ether oxygens (including phenoxy) is 1. The number of alkyl halides is 3. The molecule has 0 saturated carbocycles. The van der Waals surface area contributed by atoms with Gasteiger partial charge in [0, 0.05) is 6.54 Å². The predicted molar refractivity (Wildman–Crippen MR) is 42.3 cm³/mol. The van der Waals surface area contributed by atoms with Crippen molar-refractivity contribution in [2.75, 3.05) is 6.61 Å². The van der Waals surface area contributed by atoms with Gasteiger partial charge in [-0.25, -0.2) is 4.98 Å². The number of hydrogen-bond donors (Lipinski definition) is 0. The molecule has 0 radical (unpaired) electrons. The summed E-state index contributed by atoms with van der Waals surface area (Å²) in [6.45, 7) is 0.666. The Morgan fingerprint density at radius 2 is 2.27 bits per heavy atom. The molecule has 0 saturated heterocycles. The van der Waals surface area contributed by atoms with E-state index in [2.05, 4.69) is 4.98 Å². The Kier molecular flexibility index (Phi) is 2.26. The van der Waals surface area contributed by atoms with Gasteiger partial charge in [0.2, 0.25) is 0 Å². The SMILES string of the molecule is O=C(c1cnc2n1CCOC2)C(F)(F)F. The van der Waals surface area contributed by atoms with Crippen LogP contribution in [-0.2, 0) is 17.9 Å². The molecule has 7 heteroatoms. The van der Waals surface area contributed by atoms with Crippen LogP contribution in [0.1, 0.15) is 16.3 Å². The van der Waals surface area contributed by atoms with E-state index < -0.39 is 17.7 Å². The van der Waals surface area contributed by atoms with E-state index in [0.29, 0.717) is 12.4 Å². The van der Waals surface area contributed by atoms with Crippen LogP contribution in [0.3, 0.4) is 0 Å². The standard InChI is InChI=1S/C8H7F3N2O2/c9-8(10,11)7(14)5-3-12-6-4-15-2-1-13(5)6/h3H,1-2,4H2. The van der Waals surface area contributed by atoms with Crippen molar-refractivity contribution in [3.05, 3.63) is 17.7 Å². The van der Waals surface area contributed by atoms with Crippen LogP contribution in [0, 0.1) is 0 Å². The van der Waals surface area contributed by atoms with Crippen molar-refractivity contribution in [3.63, 3.8) is 0 Å². The number of ketones is 1. The smallest absolute Gasteiger partial charge is 0.372 e. The van der Waals surface area contributed by atoms with Crippen LogP contribution in [-0.4, -0.2) is 28.1 Å². The number of hydrogen-bond acceptors (Lipinski definition) is 3. The summed E-state index contributed by atoms with van der Waals surface area (Å²) in [5.41, 5.74) is -0.416. The molecule has 0 unspecified atom stereocenters. The van der Waals surface area contributed by atoms with Gasteiger partial charge in [-0.05, 0) is 0 Å². The largest absolute Gasteiger partial charge is 0.456 e. The molecule has 2 rings (SSSR count). The minimum atomic E-state index is -4.85. The summed E-state index contributed by atoms with van der Waals surface area (Å²) in [7, 11) is 0. The molecule has 0 aliphatic carbocycles. The van der Waals surface area contributed by atoms with Crippen LogP contribution in [0.2, 0.25) is 0 Å². The lowest BCUT2D eigenvalue weighted by Gasteiger charge is -2.16. The van der Waals surface area contributed by atoms with E-state index in [1.54, 1.807) is 0 Å². The van der Waals surface area contributed by atoms with Crippen molar-refractivity contribution in [2.45, 2.75) is 19.3 Å². The second-order valence-electron chi connectivity index (χ2n) is 3.09. The molecule has 0 bridgehead atoms. The third-order valence-electron chi connectivity index (χ3n) is 2.12. The second kappa shape index (κ2) is 3.34. The van der Waals surface area contributed by atoms with E-state index in [-0.39, 0.29) is 13.2 Å². The molecule has 0 amide bonds. The second-order valence-corrected chi connectivity index (χ2v) is 3.09. The highest BCUT2D eigenvalue weighted by Crippen LogP contribution is 2.23. The minimum absolute atomic E-state index is 0.144. The summed E-state index contributed by atoms with van der Waals surface area (Å²) in [5, 5.41) is 0. The van der Waals surface area contributed by atoms with E-state index in [1.165, 1.54) is 4.57 Å². The molecule has 0 spiro atoms. The first-order chi connectivity index (χ1) is 7.00. The molecule has 1 aliphatic rings. The van der Waals surface area contributed by atoms with E-state index in [4.69, 9.17) is 4.74 Å². The van der Waals surface area contributed by atoms with Crippen LogP contribution >= 0.6 is 0 Å². The Balaban J connectivity index is 2.37. The quantitative estimate of drug-likeness (QED) is 0.667. The highest BCUT2D eigenvalue weighted by molar-refractivity contribution is 5.98. The van der Waals surface area contributed by atoms with Crippen LogP contribution in [0.15, 0.2) is 6.20 Å². The number of carbonyl (C=O) groups excluding carboxylic acids is 1. The average molecular weight is 220 g/mol. The molecule has 1 aromatic rings. The van der Waals surface area contributed by atoms with Gasteiger partial charge in [0.15, 0.2) is 0 Å².